The second-order valence-corrected chi connectivity index (χ2v) is 5.18. The lowest BCUT2D eigenvalue weighted by atomic mass is 10.1. The lowest BCUT2D eigenvalue weighted by molar-refractivity contribution is -0.114. The molecule has 0 aliphatic heterocycles. The van der Waals surface area contributed by atoms with Gasteiger partial charge in [0.15, 0.2) is 5.76 Å². The van der Waals surface area contributed by atoms with Gasteiger partial charge in [-0.25, -0.2) is 0 Å². The number of carbonyl (C=O) groups is 1. The summed E-state index contributed by atoms with van der Waals surface area (Å²) in [5.74, 6) is 0.241. The predicted octanol–water partition coefficient (Wildman–Crippen LogP) is 3.09. The van der Waals surface area contributed by atoms with E-state index in [9.17, 15) is 4.79 Å². The van der Waals surface area contributed by atoms with E-state index < -0.39 is 0 Å². The first-order valence-electron chi connectivity index (χ1n) is 4.08. The molecule has 0 spiro atoms. The van der Waals surface area contributed by atoms with Crippen LogP contribution in [0.5, 0.6) is 0 Å². The first kappa shape index (κ1) is 11.7. The van der Waals surface area contributed by atoms with Crippen molar-refractivity contribution in [3.05, 3.63) is 34.0 Å². The number of hydrogen-bond donors (Lipinski definition) is 0. The fraction of sp³-hybridized carbons (Fsp3) is 0.300. The number of carbonyl (C=O) groups excluding carboxylic acids is 1. The summed E-state index contributed by atoms with van der Waals surface area (Å²) in [7, 11) is 1.49. The van der Waals surface area contributed by atoms with E-state index in [1.54, 1.807) is 12.2 Å². The molecule has 0 aromatic carbocycles. The van der Waals surface area contributed by atoms with Crippen molar-refractivity contribution in [2.45, 2.75) is 11.8 Å². The largest absolute Gasteiger partial charge is 0.493 e. The van der Waals surface area contributed by atoms with Crippen LogP contribution in [0.15, 0.2) is 34.0 Å². The van der Waals surface area contributed by atoms with Gasteiger partial charge in [-0.05, 0) is 40.6 Å². The number of alkyl halides is 1. The Morgan fingerprint density at radius 2 is 2.14 bits per heavy atom. The number of methoxy groups -OCH3 is 1. The normalized spacial score (nSPS) is 21.7. The fourth-order valence-corrected chi connectivity index (χ4v) is 1.87. The molecule has 1 atom stereocenters. The molecule has 0 saturated carbocycles. The Hall–Kier alpha value is -0.350. The molecule has 1 unspecified atom stereocenters. The zero-order valence-electron chi connectivity index (χ0n) is 7.88. The van der Waals surface area contributed by atoms with Crippen LogP contribution in [-0.4, -0.2) is 17.7 Å². The maximum Gasteiger partial charge on any atom is 0.234 e. The number of Topliss-reactive ketones (excluding diaryl/α,β-unsaturated/α-hetero) is 1. The molecule has 76 valence electrons. The van der Waals surface area contributed by atoms with Gasteiger partial charge in [-0.2, -0.15) is 0 Å². The van der Waals surface area contributed by atoms with Gasteiger partial charge in [0.2, 0.25) is 5.78 Å². The van der Waals surface area contributed by atoms with E-state index in [0.29, 0.717) is 10.2 Å². The third kappa shape index (κ3) is 2.82. The highest BCUT2D eigenvalue weighted by Crippen LogP contribution is 2.24. The van der Waals surface area contributed by atoms with E-state index in [-0.39, 0.29) is 10.6 Å². The van der Waals surface area contributed by atoms with Gasteiger partial charge in [0.1, 0.15) is 0 Å². The lowest BCUT2D eigenvalue weighted by Crippen LogP contribution is -2.09. The monoisotopic (exact) mass is 320 g/mol. The summed E-state index contributed by atoms with van der Waals surface area (Å²) in [6.45, 7) is 2.01. The molecule has 0 aromatic heterocycles. The highest BCUT2D eigenvalue weighted by atomic mass is 79.9. The van der Waals surface area contributed by atoms with E-state index in [1.165, 1.54) is 7.11 Å². The summed E-state index contributed by atoms with van der Waals surface area (Å²) in [6.07, 6.45) is 5.50. The Kier molecular flexibility index (Phi) is 4.13. The summed E-state index contributed by atoms with van der Waals surface area (Å²) in [5.41, 5.74) is 0.956. The first-order valence-corrected chi connectivity index (χ1v) is 5.79. The topological polar surface area (TPSA) is 26.3 Å². The van der Waals surface area contributed by atoms with Crippen molar-refractivity contribution in [3.8, 4) is 0 Å². The van der Waals surface area contributed by atoms with Crippen LogP contribution in [0.2, 0.25) is 0 Å². The zero-order chi connectivity index (χ0) is 10.7. The van der Waals surface area contributed by atoms with E-state index >= 15 is 0 Å². The van der Waals surface area contributed by atoms with Crippen LogP contribution >= 0.6 is 31.9 Å². The lowest BCUT2D eigenvalue weighted by Gasteiger charge is -2.11. The van der Waals surface area contributed by atoms with E-state index in [1.807, 2.05) is 13.0 Å². The standard InChI is InChI=1S/C10H10Br2O2/c1-6(11)3-7-4-8(12)10(13)9(5-7)14-2/h3-6H,1-2H3/b7-3+. The fourth-order valence-electron chi connectivity index (χ4n) is 1.10. The van der Waals surface area contributed by atoms with Crippen LogP contribution in [-0.2, 0) is 9.53 Å². The minimum atomic E-state index is -0.119. The average molecular weight is 322 g/mol. The molecule has 0 heterocycles. The van der Waals surface area contributed by atoms with Crippen LogP contribution in [0.3, 0.4) is 0 Å². The second kappa shape index (κ2) is 4.94. The molecule has 0 amide bonds. The number of halogens is 2. The molecule has 1 aliphatic rings. The van der Waals surface area contributed by atoms with Crippen LogP contribution in [0.1, 0.15) is 6.92 Å². The maximum absolute atomic E-state index is 11.4. The SMILES string of the molecule is COC1=C/C(=C/C(C)Br)C=C(Br)C1=O. The highest BCUT2D eigenvalue weighted by molar-refractivity contribution is 9.12. The zero-order valence-corrected chi connectivity index (χ0v) is 11.1. The van der Waals surface area contributed by atoms with E-state index in [2.05, 4.69) is 31.9 Å². The van der Waals surface area contributed by atoms with Gasteiger partial charge >= 0.3 is 0 Å². The molecule has 1 rings (SSSR count). The van der Waals surface area contributed by atoms with Gasteiger partial charge < -0.3 is 4.74 Å². The predicted molar refractivity (Wildman–Crippen MR) is 63.6 cm³/mol. The molecule has 4 heteroatoms. The number of hydrogen-bond acceptors (Lipinski definition) is 2. The molecule has 0 fully saturated rings. The summed E-state index contributed by atoms with van der Waals surface area (Å²) in [4.78, 5) is 11.7. The quantitative estimate of drug-likeness (QED) is 0.731. The number of ether oxygens (including phenoxy) is 1. The number of allylic oxidation sites excluding steroid dienone is 5. The first-order chi connectivity index (χ1) is 6.54. The van der Waals surface area contributed by atoms with Gasteiger partial charge in [0, 0.05) is 4.83 Å². The van der Waals surface area contributed by atoms with E-state index in [4.69, 9.17) is 4.74 Å². The van der Waals surface area contributed by atoms with Crippen LogP contribution in [0.4, 0.5) is 0 Å². The summed E-state index contributed by atoms with van der Waals surface area (Å²) < 4.78 is 5.49. The molecule has 2 nitrogen and oxygen atoms in total. The van der Waals surface area contributed by atoms with Gasteiger partial charge in [-0.15, -0.1) is 0 Å². The van der Waals surface area contributed by atoms with Crippen molar-refractivity contribution >= 4 is 37.6 Å². The Balaban J connectivity index is 3.02. The number of rotatable bonds is 2. The molecule has 0 radical (unpaired) electrons. The van der Waals surface area contributed by atoms with Gasteiger partial charge in [-0.3, -0.25) is 4.79 Å². The summed E-state index contributed by atoms with van der Waals surface area (Å²) in [6, 6.07) is 0. The van der Waals surface area contributed by atoms with Crippen molar-refractivity contribution < 1.29 is 9.53 Å². The summed E-state index contributed by atoms with van der Waals surface area (Å²) >= 11 is 6.61. The van der Waals surface area contributed by atoms with Crippen molar-refractivity contribution in [3.63, 3.8) is 0 Å². The highest BCUT2D eigenvalue weighted by Gasteiger charge is 2.18. The Morgan fingerprint density at radius 3 is 2.64 bits per heavy atom. The third-order valence-corrected chi connectivity index (χ3v) is 2.53. The molecule has 1 aliphatic carbocycles. The Morgan fingerprint density at radius 1 is 1.50 bits per heavy atom. The molecule has 0 aromatic rings. The van der Waals surface area contributed by atoms with Crippen molar-refractivity contribution in [2.75, 3.05) is 7.11 Å². The van der Waals surface area contributed by atoms with E-state index in [0.717, 1.165) is 5.57 Å². The minimum Gasteiger partial charge on any atom is -0.493 e. The molecule has 14 heavy (non-hydrogen) atoms. The molecule has 0 N–H and O–H groups in total. The Labute approximate surface area is 100.0 Å². The molecule has 0 bridgehead atoms. The number of ketones is 1. The molecular formula is C10H10Br2O2. The Bertz CT molecular complexity index is 338. The van der Waals surface area contributed by atoms with Crippen molar-refractivity contribution in [1.29, 1.82) is 0 Å². The van der Waals surface area contributed by atoms with Gasteiger partial charge in [0.05, 0.1) is 11.6 Å². The van der Waals surface area contributed by atoms with Crippen LogP contribution in [0.25, 0.3) is 0 Å². The second-order valence-electron chi connectivity index (χ2n) is 2.88. The smallest absolute Gasteiger partial charge is 0.234 e. The van der Waals surface area contributed by atoms with Crippen LogP contribution < -0.4 is 0 Å². The van der Waals surface area contributed by atoms with Gasteiger partial charge in [0.25, 0.3) is 0 Å². The summed E-state index contributed by atoms with van der Waals surface area (Å²) in [5, 5.41) is 0. The van der Waals surface area contributed by atoms with Crippen molar-refractivity contribution in [1.82, 2.24) is 0 Å². The molecule has 0 saturated heterocycles. The average Bonchev–Trinajstić information content (AvgIpc) is 2.10. The minimum absolute atomic E-state index is 0.119. The maximum atomic E-state index is 11.4. The molecular weight excluding hydrogens is 312 g/mol. The third-order valence-electron chi connectivity index (χ3n) is 1.67. The van der Waals surface area contributed by atoms with Crippen molar-refractivity contribution in [2.24, 2.45) is 0 Å². The van der Waals surface area contributed by atoms with Gasteiger partial charge in [-0.1, -0.05) is 22.0 Å². The van der Waals surface area contributed by atoms with Crippen LogP contribution in [0, 0.1) is 0 Å².